The second-order valence-corrected chi connectivity index (χ2v) is 7.52. The van der Waals surface area contributed by atoms with Crippen molar-refractivity contribution in [2.75, 3.05) is 27.5 Å². The molecule has 0 aliphatic carbocycles. The van der Waals surface area contributed by atoms with E-state index in [0.29, 0.717) is 41.5 Å². The van der Waals surface area contributed by atoms with Crippen molar-refractivity contribution in [1.29, 1.82) is 0 Å². The number of methoxy groups -OCH3 is 1. The average Bonchev–Trinajstić information content (AvgIpc) is 3.22. The summed E-state index contributed by atoms with van der Waals surface area (Å²) < 4.78 is 17.9. The van der Waals surface area contributed by atoms with Crippen molar-refractivity contribution < 1.29 is 19.3 Å². The van der Waals surface area contributed by atoms with Gasteiger partial charge in [0.1, 0.15) is 0 Å². The van der Waals surface area contributed by atoms with Gasteiger partial charge in [0.2, 0.25) is 18.4 Å². The Morgan fingerprint density at radius 1 is 1.16 bits per heavy atom. The van der Waals surface area contributed by atoms with E-state index >= 15 is 0 Å². The highest BCUT2D eigenvalue weighted by Gasteiger charge is 2.38. The lowest BCUT2D eigenvalue weighted by Gasteiger charge is -2.35. The van der Waals surface area contributed by atoms with E-state index in [1.54, 1.807) is 30.3 Å². The first-order valence-corrected chi connectivity index (χ1v) is 9.84. The Hall–Kier alpha value is -3.72. The second kappa shape index (κ2) is 7.21. The van der Waals surface area contributed by atoms with Crippen LogP contribution in [0, 0.1) is 0 Å². The molecule has 31 heavy (non-hydrogen) atoms. The molecule has 3 aromatic rings. The highest BCUT2D eigenvalue weighted by Crippen LogP contribution is 2.51. The molecule has 3 heterocycles. The van der Waals surface area contributed by atoms with Crippen molar-refractivity contribution >= 4 is 0 Å². The Bertz CT molecular complexity index is 1280. The standard InChI is InChI=1S/C22H21N3O6/c1-24-9-8-12-10-14-18(31-11-30-14)19(29-2)15(12)17(24)16-20(26)23-22(28)25(21(16)27)13-6-4-3-5-7-13/h3-7,10,17,27H,8-9,11H2,1-2H3,(H,23,26,28)/t17-/m0/s1. The molecule has 2 N–H and O–H groups in total. The summed E-state index contributed by atoms with van der Waals surface area (Å²) in [5.74, 6) is 1.10. The zero-order chi connectivity index (χ0) is 21.7. The summed E-state index contributed by atoms with van der Waals surface area (Å²) in [5.41, 5.74) is 0.774. The topological polar surface area (TPSA) is 106 Å². The quantitative estimate of drug-likeness (QED) is 0.658. The lowest BCUT2D eigenvalue weighted by Crippen LogP contribution is -2.39. The molecule has 160 valence electrons. The van der Waals surface area contributed by atoms with Crippen LogP contribution in [-0.4, -0.2) is 47.1 Å². The molecule has 0 spiro atoms. The number of hydrogen-bond donors (Lipinski definition) is 2. The van der Waals surface area contributed by atoms with Crippen LogP contribution in [0.25, 0.3) is 5.69 Å². The van der Waals surface area contributed by atoms with Crippen molar-refractivity contribution in [3.05, 3.63) is 73.9 Å². The summed E-state index contributed by atoms with van der Waals surface area (Å²) >= 11 is 0. The molecule has 0 saturated heterocycles. The number of nitrogens with one attached hydrogen (secondary N) is 1. The molecular formula is C22H21N3O6. The lowest BCUT2D eigenvalue weighted by molar-refractivity contribution is 0.170. The normalized spacial score (nSPS) is 17.4. The van der Waals surface area contributed by atoms with Gasteiger partial charge in [0.15, 0.2) is 11.5 Å². The van der Waals surface area contributed by atoms with Gasteiger partial charge in [-0.1, -0.05) is 18.2 Å². The van der Waals surface area contributed by atoms with Crippen LogP contribution in [0.1, 0.15) is 22.7 Å². The zero-order valence-corrected chi connectivity index (χ0v) is 17.0. The molecule has 0 saturated carbocycles. The van der Waals surface area contributed by atoms with Crippen LogP contribution in [0.15, 0.2) is 46.0 Å². The number of para-hydroxylation sites is 1. The van der Waals surface area contributed by atoms with Crippen molar-refractivity contribution in [2.45, 2.75) is 12.5 Å². The monoisotopic (exact) mass is 423 g/mol. The lowest BCUT2D eigenvalue weighted by atomic mass is 9.87. The molecule has 0 amide bonds. The summed E-state index contributed by atoms with van der Waals surface area (Å²) in [6.45, 7) is 0.712. The number of hydrogen-bond acceptors (Lipinski definition) is 7. The molecule has 5 rings (SSSR count). The molecule has 9 heteroatoms. The number of H-pyrrole nitrogens is 1. The Morgan fingerprint density at radius 2 is 1.94 bits per heavy atom. The van der Waals surface area contributed by atoms with Gasteiger partial charge in [0.25, 0.3) is 5.56 Å². The number of likely N-dealkylation sites (N-methyl/N-ethyl adjacent to an activating group) is 1. The minimum Gasteiger partial charge on any atom is -0.494 e. The molecule has 0 fully saturated rings. The number of benzene rings is 2. The van der Waals surface area contributed by atoms with Crippen LogP contribution >= 0.6 is 0 Å². The molecule has 0 radical (unpaired) electrons. The van der Waals surface area contributed by atoms with Crippen LogP contribution in [-0.2, 0) is 6.42 Å². The number of rotatable bonds is 3. The van der Waals surface area contributed by atoms with Crippen molar-refractivity contribution in [3.8, 4) is 28.8 Å². The molecule has 1 aromatic heterocycles. The molecule has 2 aliphatic heterocycles. The maximum Gasteiger partial charge on any atom is 0.335 e. The van der Waals surface area contributed by atoms with Gasteiger partial charge < -0.3 is 19.3 Å². The molecule has 2 aliphatic rings. The van der Waals surface area contributed by atoms with Crippen molar-refractivity contribution in [1.82, 2.24) is 14.5 Å². The fourth-order valence-electron chi connectivity index (χ4n) is 4.40. The van der Waals surface area contributed by atoms with Crippen LogP contribution in [0.4, 0.5) is 0 Å². The average molecular weight is 423 g/mol. The Morgan fingerprint density at radius 3 is 2.68 bits per heavy atom. The molecule has 9 nitrogen and oxygen atoms in total. The second-order valence-electron chi connectivity index (χ2n) is 7.52. The summed E-state index contributed by atoms with van der Waals surface area (Å²) in [6, 6.07) is 9.89. The van der Waals surface area contributed by atoms with E-state index in [1.165, 1.54) is 7.11 Å². The van der Waals surface area contributed by atoms with Crippen LogP contribution in [0.2, 0.25) is 0 Å². The van der Waals surface area contributed by atoms with Gasteiger partial charge in [-0.2, -0.15) is 0 Å². The fraction of sp³-hybridized carbons (Fsp3) is 0.273. The summed E-state index contributed by atoms with van der Waals surface area (Å²) in [6.07, 6.45) is 0.701. The van der Waals surface area contributed by atoms with Gasteiger partial charge in [-0.05, 0) is 37.2 Å². The third-order valence-electron chi connectivity index (χ3n) is 5.80. The van der Waals surface area contributed by atoms with E-state index in [-0.39, 0.29) is 12.4 Å². The Labute approximate surface area is 177 Å². The highest BCUT2D eigenvalue weighted by atomic mass is 16.7. The van der Waals surface area contributed by atoms with E-state index in [0.717, 1.165) is 10.1 Å². The predicted octanol–water partition coefficient (Wildman–Crippen LogP) is 1.55. The van der Waals surface area contributed by atoms with Gasteiger partial charge in [-0.25, -0.2) is 9.36 Å². The van der Waals surface area contributed by atoms with E-state index in [1.807, 2.05) is 18.0 Å². The molecule has 1 atom stereocenters. The van der Waals surface area contributed by atoms with Crippen molar-refractivity contribution in [2.24, 2.45) is 0 Å². The van der Waals surface area contributed by atoms with Crippen LogP contribution < -0.4 is 25.5 Å². The number of nitrogens with zero attached hydrogens (tertiary/aromatic N) is 2. The SMILES string of the molecule is COc1c2c(cc3c1[C@@H](c1c(O)n(-c4ccccc4)c(=O)[nH]c1=O)N(C)CC3)OCO2. The minimum atomic E-state index is -0.714. The van der Waals surface area contributed by atoms with Gasteiger partial charge in [0.05, 0.1) is 24.4 Å². The first kappa shape index (κ1) is 19.3. The predicted molar refractivity (Wildman–Crippen MR) is 112 cm³/mol. The summed E-state index contributed by atoms with van der Waals surface area (Å²) in [5, 5.41) is 11.2. The van der Waals surface area contributed by atoms with E-state index < -0.39 is 23.2 Å². The summed E-state index contributed by atoms with van der Waals surface area (Å²) in [7, 11) is 3.38. The third kappa shape index (κ3) is 2.89. The van der Waals surface area contributed by atoms with E-state index in [9.17, 15) is 14.7 Å². The largest absolute Gasteiger partial charge is 0.494 e. The fourth-order valence-corrected chi connectivity index (χ4v) is 4.40. The molecule has 0 bridgehead atoms. The number of ether oxygens (including phenoxy) is 3. The van der Waals surface area contributed by atoms with Crippen LogP contribution in [0.5, 0.6) is 23.1 Å². The van der Waals surface area contributed by atoms with E-state index in [4.69, 9.17) is 14.2 Å². The number of aromatic nitrogens is 2. The Kier molecular flexibility index (Phi) is 4.48. The number of fused-ring (bicyclic) bond motifs is 2. The number of aromatic hydroxyl groups is 1. The first-order valence-electron chi connectivity index (χ1n) is 9.84. The summed E-state index contributed by atoms with van der Waals surface area (Å²) in [4.78, 5) is 29.8. The first-order chi connectivity index (χ1) is 15.0. The van der Waals surface area contributed by atoms with Crippen LogP contribution in [0.3, 0.4) is 0 Å². The maximum atomic E-state index is 13.0. The molecule has 0 unspecified atom stereocenters. The highest BCUT2D eigenvalue weighted by molar-refractivity contribution is 5.63. The van der Waals surface area contributed by atoms with Gasteiger partial charge in [0, 0.05) is 12.1 Å². The molecule has 2 aromatic carbocycles. The van der Waals surface area contributed by atoms with E-state index in [2.05, 4.69) is 4.98 Å². The maximum absolute atomic E-state index is 13.0. The zero-order valence-electron chi connectivity index (χ0n) is 17.0. The van der Waals surface area contributed by atoms with Gasteiger partial charge in [-0.3, -0.25) is 14.7 Å². The minimum absolute atomic E-state index is 0.0593. The van der Waals surface area contributed by atoms with Crippen molar-refractivity contribution in [3.63, 3.8) is 0 Å². The number of aromatic amines is 1. The smallest absolute Gasteiger partial charge is 0.335 e. The van der Waals surface area contributed by atoms with Gasteiger partial charge >= 0.3 is 5.69 Å². The molecular weight excluding hydrogens is 402 g/mol. The Balaban J connectivity index is 1.80. The van der Waals surface area contributed by atoms with Gasteiger partial charge in [-0.15, -0.1) is 0 Å². The third-order valence-corrected chi connectivity index (χ3v) is 5.80.